The van der Waals surface area contributed by atoms with Crippen molar-refractivity contribution in [3.63, 3.8) is 0 Å². The van der Waals surface area contributed by atoms with Gasteiger partial charge in [-0.25, -0.2) is 0 Å². The van der Waals surface area contributed by atoms with E-state index in [1.807, 2.05) is 0 Å². The molecule has 1 saturated heterocycles. The molecule has 1 aliphatic heterocycles. The van der Waals surface area contributed by atoms with Crippen LogP contribution in [0.1, 0.15) is 109 Å². The molecule has 1 aromatic rings. The highest BCUT2D eigenvalue weighted by Gasteiger charge is 2.26. The maximum absolute atomic E-state index is 10.5. The normalized spacial score (nSPS) is 21.2. The van der Waals surface area contributed by atoms with Crippen molar-refractivity contribution in [1.82, 2.24) is 0 Å². The number of rotatable bonds is 17. The Morgan fingerprint density at radius 3 is 2.76 bits per heavy atom. The van der Waals surface area contributed by atoms with Gasteiger partial charge in [0.15, 0.2) is 6.29 Å². The first kappa shape index (κ1) is 31.5. The van der Waals surface area contributed by atoms with Crippen LogP contribution < -0.4 is 0 Å². The number of allylic oxidation sites excluding steroid dienone is 3. The van der Waals surface area contributed by atoms with Crippen LogP contribution in [-0.2, 0) is 9.47 Å². The van der Waals surface area contributed by atoms with E-state index in [0.717, 1.165) is 60.6 Å². The van der Waals surface area contributed by atoms with Crippen LogP contribution in [0.5, 0.6) is 0 Å². The lowest BCUT2D eigenvalue weighted by Crippen LogP contribution is -2.30. The van der Waals surface area contributed by atoms with Crippen LogP contribution in [0, 0.1) is 11.8 Å². The number of hydrogen-bond acceptors (Lipinski definition) is 4. The van der Waals surface area contributed by atoms with Crippen LogP contribution in [0.25, 0.3) is 6.08 Å². The molecule has 208 valence electrons. The van der Waals surface area contributed by atoms with Crippen molar-refractivity contribution in [2.45, 2.75) is 110 Å². The molecule has 0 aromatic heterocycles. The SMILES string of the molecule is C=C(CCCCO)CC(O)CC1CCOC(c2cccc(/C=C/CC[C@H](C)CC(C)C/C(C)=C/C)c2)O1. The number of aliphatic hydroxyl groups is 2. The average Bonchev–Trinajstić information content (AvgIpc) is 2.87. The minimum absolute atomic E-state index is 0.0290. The topological polar surface area (TPSA) is 58.9 Å². The van der Waals surface area contributed by atoms with Gasteiger partial charge >= 0.3 is 0 Å². The van der Waals surface area contributed by atoms with E-state index in [4.69, 9.17) is 14.6 Å². The fraction of sp³-hybridized carbons (Fsp3) is 0.636. The zero-order valence-electron chi connectivity index (χ0n) is 23.8. The Morgan fingerprint density at radius 2 is 2.00 bits per heavy atom. The molecule has 2 rings (SSSR count). The van der Waals surface area contributed by atoms with E-state index in [1.54, 1.807) is 0 Å². The molecule has 0 saturated carbocycles. The third-order valence-electron chi connectivity index (χ3n) is 7.31. The Morgan fingerprint density at radius 1 is 1.19 bits per heavy atom. The summed E-state index contributed by atoms with van der Waals surface area (Å²) in [5.41, 5.74) is 4.72. The van der Waals surface area contributed by atoms with Crippen LogP contribution in [0.2, 0.25) is 0 Å². The zero-order valence-corrected chi connectivity index (χ0v) is 23.8. The van der Waals surface area contributed by atoms with E-state index >= 15 is 0 Å². The predicted octanol–water partition coefficient (Wildman–Crippen LogP) is 8.16. The molecule has 0 amide bonds. The van der Waals surface area contributed by atoms with Gasteiger partial charge in [-0.05, 0) is 95.1 Å². The van der Waals surface area contributed by atoms with E-state index in [-0.39, 0.29) is 12.7 Å². The maximum Gasteiger partial charge on any atom is 0.184 e. The van der Waals surface area contributed by atoms with Gasteiger partial charge in [0.05, 0.1) is 18.8 Å². The van der Waals surface area contributed by atoms with Gasteiger partial charge in [-0.3, -0.25) is 0 Å². The van der Waals surface area contributed by atoms with E-state index in [1.165, 1.54) is 24.8 Å². The lowest BCUT2D eigenvalue weighted by atomic mass is 9.89. The summed E-state index contributed by atoms with van der Waals surface area (Å²) < 4.78 is 12.2. The van der Waals surface area contributed by atoms with Crippen molar-refractivity contribution >= 4 is 6.08 Å². The Kier molecular flexibility index (Phi) is 15.1. The Hall–Kier alpha value is -1.72. The van der Waals surface area contributed by atoms with Crippen molar-refractivity contribution < 1.29 is 19.7 Å². The number of ether oxygens (including phenoxy) is 2. The Bertz CT molecular complexity index is 842. The average molecular weight is 513 g/mol. The number of unbranched alkanes of at least 4 members (excludes halogenated alkanes) is 1. The van der Waals surface area contributed by atoms with Crippen LogP contribution in [-0.4, -0.2) is 35.6 Å². The van der Waals surface area contributed by atoms with Gasteiger partial charge in [0.2, 0.25) is 0 Å². The zero-order chi connectivity index (χ0) is 27.0. The van der Waals surface area contributed by atoms with E-state index < -0.39 is 12.4 Å². The summed E-state index contributed by atoms with van der Waals surface area (Å²) in [6, 6.07) is 8.39. The minimum atomic E-state index is -0.461. The highest BCUT2D eigenvalue weighted by molar-refractivity contribution is 5.50. The van der Waals surface area contributed by atoms with E-state index in [0.29, 0.717) is 19.4 Å². The standard InChI is InChI=1S/C33H52O4/c1-6-25(2)20-28(5)21-26(3)12-7-8-14-29-15-11-16-30(23-29)33-36-19-17-32(37-33)24-31(35)22-27(4)13-9-10-18-34/h6,8,11,14-16,23,26,28,31-35H,4,7,9-10,12-13,17-22,24H2,1-3,5H3/b14-8+,25-6+/t26-,28?,31?,32?,33?/m0/s1. The molecule has 37 heavy (non-hydrogen) atoms. The fourth-order valence-corrected chi connectivity index (χ4v) is 5.21. The molecule has 4 unspecified atom stereocenters. The molecule has 0 aliphatic carbocycles. The van der Waals surface area contributed by atoms with Gasteiger partial charge in [-0.15, -0.1) is 0 Å². The third-order valence-corrected chi connectivity index (χ3v) is 7.31. The lowest BCUT2D eigenvalue weighted by Gasteiger charge is -2.32. The van der Waals surface area contributed by atoms with Crippen LogP contribution >= 0.6 is 0 Å². The van der Waals surface area contributed by atoms with Crippen molar-refractivity contribution in [2.75, 3.05) is 13.2 Å². The van der Waals surface area contributed by atoms with Gasteiger partial charge in [-0.1, -0.05) is 68.0 Å². The monoisotopic (exact) mass is 512 g/mol. The predicted molar refractivity (Wildman–Crippen MR) is 155 cm³/mol. The van der Waals surface area contributed by atoms with Gasteiger partial charge in [0.25, 0.3) is 0 Å². The first-order valence-corrected chi connectivity index (χ1v) is 14.4. The first-order chi connectivity index (χ1) is 17.8. The molecule has 1 fully saturated rings. The summed E-state index contributed by atoms with van der Waals surface area (Å²) in [4.78, 5) is 0. The van der Waals surface area contributed by atoms with Crippen molar-refractivity contribution in [3.8, 4) is 0 Å². The molecule has 1 aromatic carbocycles. The molecular formula is C33H52O4. The Balaban J connectivity index is 1.79. The molecule has 4 heteroatoms. The summed E-state index contributed by atoms with van der Waals surface area (Å²) in [5.74, 6) is 1.47. The van der Waals surface area contributed by atoms with Gasteiger partial charge in [0.1, 0.15) is 0 Å². The summed E-state index contributed by atoms with van der Waals surface area (Å²) in [6.45, 7) is 14.0. The second-order valence-electron chi connectivity index (χ2n) is 11.2. The molecule has 0 bridgehead atoms. The maximum atomic E-state index is 10.5. The van der Waals surface area contributed by atoms with Gasteiger partial charge in [0, 0.05) is 18.6 Å². The number of benzene rings is 1. The van der Waals surface area contributed by atoms with E-state index in [9.17, 15) is 5.11 Å². The molecule has 1 heterocycles. The largest absolute Gasteiger partial charge is 0.396 e. The Labute approximate surface area is 226 Å². The fourth-order valence-electron chi connectivity index (χ4n) is 5.21. The summed E-state index contributed by atoms with van der Waals surface area (Å²) in [6.07, 6.45) is 15.1. The van der Waals surface area contributed by atoms with Crippen LogP contribution in [0.15, 0.2) is 54.1 Å². The second-order valence-corrected chi connectivity index (χ2v) is 11.2. The van der Waals surface area contributed by atoms with Crippen molar-refractivity contribution in [2.24, 2.45) is 11.8 Å². The number of aliphatic hydroxyl groups excluding tert-OH is 2. The summed E-state index contributed by atoms with van der Waals surface area (Å²) >= 11 is 0. The summed E-state index contributed by atoms with van der Waals surface area (Å²) in [7, 11) is 0. The van der Waals surface area contributed by atoms with Crippen molar-refractivity contribution in [3.05, 3.63) is 65.3 Å². The second kappa shape index (κ2) is 17.7. The summed E-state index contributed by atoms with van der Waals surface area (Å²) in [5, 5.41) is 19.5. The first-order valence-electron chi connectivity index (χ1n) is 14.4. The molecule has 0 spiro atoms. The molecule has 1 aliphatic rings. The highest BCUT2D eigenvalue weighted by Crippen LogP contribution is 2.30. The van der Waals surface area contributed by atoms with Gasteiger partial charge in [-0.2, -0.15) is 0 Å². The molecule has 4 nitrogen and oxygen atoms in total. The number of hydrogen-bond donors (Lipinski definition) is 2. The van der Waals surface area contributed by atoms with Crippen LogP contribution in [0.3, 0.4) is 0 Å². The van der Waals surface area contributed by atoms with E-state index in [2.05, 4.69) is 76.8 Å². The molecule has 2 N–H and O–H groups in total. The molecule has 0 radical (unpaired) electrons. The highest BCUT2D eigenvalue weighted by atomic mass is 16.7. The quantitative estimate of drug-likeness (QED) is 0.163. The van der Waals surface area contributed by atoms with Gasteiger partial charge < -0.3 is 19.7 Å². The third kappa shape index (κ3) is 13.1. The minimum Gasteiger partial charge on any atom is -0.396 e. The van der Waals surface area contributed by atoms with Crippen LogP contribution in [0.4, 0.5) is 0 Å². The molecular weight excluding hydrogens is 460 g/mol. The molecule has 5 atom stereocenters. The van der Waals surface area contributed by atoms with Crippen molar-refractivity contribution in [1.29, 1.82) is 0 Å². The smallest absolute Gasteiger partial charge is 0.184 e. The lowest BCUT2D eigenvalue weighted by molar-refractivity contribution is -0.222.